The van der Waals surface area contributed by atoms with Crippen LogP contribution in [0.2, 0.25) is 0 Å². The van der Waals surface area contributed by atoms with E-state index in [1.54, 1.807) is 12.4 Å². The second-order valence-corrected chi connectivity index (χ2v) is 12.9. The summed E-state index contributed by atoms with van der Waals surface area (Å²) in [6.07, 6.45) is 13.3. The number of hydrogen-bond donors (Lipinski definition) is 0. The van der Waals surface area contributed by atoms with Gasteiger partial charge in [0.1, 0.15) is 0 Å². The Balaban J connectivity index is 1.33. The molecule has 8 rings (SSSR count). The Morgan fingerprint density at radius 1 is 0.423 bits per heavy atom. The summed E-state index contributed by atoms with van der Waals surface area (Å²) >= 11 is 0. The van der Waals surface area contributed by atoms with Crippen molar-refractivity contribution in [2.75, 3.05) is 0 Å². The highest BCUT2D eigenvalue weighted by atomic mass is 15.0. The zero-order valence-corrected chi connectivity index (χ0v) is 29.2. The minimum absolute atomic E-state index is 0.587. The molecule has 7 aromatic carbocycles. The van der Waals surface area contributed by atoms with E-state index in [0.717, 1.165) is 27.8 Å². The molecule has 7 aromatic rings. The van der Waals surface area contributed by atoms with Gasteiger partial charge in [0.15, 0.2) is 11.7 Å². The van der Waals surface area contributed by atoms with E-state index in [0.29, 0.717) is 11.7 Å². The standard InChI is InChI=1S/C49H37N3/c1-34-17-9-11-21-40(34)41-29-30-45(49-51-32-16-5-3-4-15-31-50-48(52-49)38-18-7-6-8-19-38)47(35(41)2)37-27-25-36(26-28-37)46-33-39-20-10-12-22-42(39)43-23-13-14-24-44(43)46/h3-33H,1-2H3/b4-3?,5-3-,15-4+,16-5?,31-15?,32-16-,50-31?,50-48?,51-32?,51-49?,52-48?,52-49?. The number of aliphatic imine (C=N–C) groups is 3. The molecule has 0 bridgehead atoms. The van der Waals surface area contributed by atoms with Crippen molar-refractivity contribution >= 4 is 39.4 Å². The molecule has 0 amide bonds. The predicted molar refractivity (Wildman–Crippen MR) is 223 cm³/mol. The number of hydrogen-bond acceptors (Lipinski definition) is 3. The highest BCUT2D eigenvalue weighted by molar-refractivity contribution is 6.17. The lowest BCUT2D eigenvalue weighted by atomic mass is 9.86. The van der Waals surface area contributed by atoms with Gasteiger partial charge < -0.3 is 0 Å². The van der Waals surface area contributed by atoms with E-state index in [1.807, 2.05) is 60.7 Å². The summed E-state index contributed by atoms with van der Waals surface area (Å²) in [6, 6.07) is 51.6. The van der Waals surface area contributed by atoms with Gasteiger partial charge in [-0.25, -0.2) is 15.0 Å². The van der Waals surface area contributed by atoms with E-state index in [4.69, 9.17) is 15.0 Å². The van der Waals surface area contributed by atoms with Crippen molar-refractivity contribution in [2.24, 2.45) is 15.0 Å². The molecule has 52 heavy (non-hydrogen) atoms. The molecule has 0 radical (unpaired) electrons. The van der Waals surface area contributed by atoms with Crippen LogP contribution in [0.5, 0.6) is 0 Å². The summed E-state index contributed by atoms with van der Waals surface area (Å²) in [7, 11) is 0. The Morgan fingerprint density at radius 2 is 1.08 bits per heavy atom. The van der Waals surface area contributed by atoms with Crippen molar-refractivity contribution < 1.29 is 0 Å². The molecule has 0 saturated carbocycles. The van der Waals surface area contributed by atoms with Crippen LogP contribution in [0.15, 0.2) is 197 Å². The molecule has 0 unspecified atom stereocenters. The Hall–Kier alpha value is -6.71. The summed E-state index contributed by atoms with van der Waals surface area (Å²) in [5.41, 5.74) is 11.2. The smallest absolute Gasteiger partial charge is 0.162 e. The summed E-state index contributed by atoms with van der Waals surface area (Å²) in [6.45, 7) is 4.38. The van der Waals surface area contributed by atoms with Gasteiger partial charge in [-0.3, -0.25) is 0 Å². The fourth-order valence-electron chi connectivity index (χ4n) is 7.08. The van der Waals surface area contributed by atoms with Crippen molar-refractivity contribution in [3.63, 3.8) is 0 Å². The van der Waals surface area contributed by atoms with Gasteiger partial charge in [-0.1, -0.05) is 152 Å². The lowest BCUT2D eigenvalue weighted by Crippen LogP contribution is -2.08. The molecule has 0 N–H and O–H groups in total. The molecular formula is C49H37N3. The molecule has 3 nitrogen and oxygen atoms in total. The average Bonchev–Trinajstić information content (AvgIpc) is 3.19. The topological polar surface area (TPSA) is 37.1 Å². The molecule has 1 aliphatic rings. The quantitative estimate of drug-likeness (QED) is 0.164. The molecule has 248 valence electrons. The molecule has 0 fully saturated rings. The van der Waals surface area contributed by atoms with E-state index in [2.05, 4.69) is 129 Å². The largest absolute Gasteiger partial charge is 0.237 e. The van der Waals surface area contributed by atoms with Crippen LogP contribution in [-0.4, -0.2) is 17.9 Å². The van der Waals surface area contributed by atoms with Crippen LogP contribution in [0.1, 0.15) is 22.3 Å². The van der Waals surface area contributed by atoms with Gasteiger partial charge in [-0.05, 0) is 104 Å². The van der Waals surface area contributed by atoms with E-state index >= 15 is 0 Å². The second kappa shape index (κ2) is 14.6. The normalized spacial score (nSPS) is 15.0. The van der Waals surface area contributed by atoms with Crippen LogP contribution in [0, 0.1) is 13.8 Å². The fourth-order valence-corrected chi connectivity index (χ4v) is 7.08. The predicted octanol–water partition coefficient (Wildman–Crippen LogP) is 12.5. The second-order valence-electron chi connectivity index (χ2n) is 12.9. The van der Waals surface area contributed by atoms with Gasteiger partial charge >= 0.3 is 0 Å². The zero-order chi connectivity index (χ0) is 35.3. The molecule has 0 aromatic heterocycles. The highest BCUT2D eigenvalue weighted by Crippen LogP contribution is 2.39. The first kappa shape index (κ1) is 32.5. The maximum atomic E-state index is 5.18. The molecule has 1 heterocycles. The van der Waals surface area contributed by atoms with Crippen LogP contribution in [0.3, 0.4) is 0 Å². The summed E-state index contributed by atoms with van der Waals surface area (Å²) in [4.78, 5) is 15.0. The van der Waals surface area contributed by atoms with Gasteiger partial charge in [-0.2, -0.15) is 0 Å². The Morgan fingerprint density at radius 3 is 1.90 bits per heavy atom. The maximum absolute atomic E-state index is 5.18. The average molecular weight is 668 g/mol. The summed E-state index contributed by atoms with van der Waals surface area (Å²) in [5.74, 6) is 1.18. The van der Waals surface area contributed by atoms with Crippen LogP contribution in [0.4, 0.5) is 0 Å². The maximum Gasteiger partial charge on any atom is 0.162 e. The Kier molecular flexibility index (Phi) is 9.15. The van der Waals surface area contributed by atoms with Gasteiger partial charge in [-0.15, -0.1) is 0 Å². The molecule has 3 heteroatoms. The SMILES string of the molecule is Cc1ccccc1-c1ccc(C2=N\C=C/C=C\C=C\C=NC(c3ccccc3)=N2)c(-c2ccc(-c3cc4ccccc4c4ccccc34)cc2)c1C. The van der Waals surface area contributed by atoms with E-state index < -0.39 is 0 Å². The van der Waals surface area contributed by atoms with Crippen LogP contribution in [0.25, 0.3) is 54.9 Å². The van der Waals surface area contributed by atoms with Crippen molar-refractivity contribution in [1.29, 1.82) is 0 Å². The minimum Gasteiger partial charge on any atom is -0.237 e. The monoisotopic (exact) mass is 667 g/mol. The highest BCUT2D eigenvalue weighted by Gasteiger charge is 2.19. The molecule has 0 atom stereocenters. The van der Waals surface area contributed by atoms with E-state index in [-0.39, 0.29) is 0 Å². The van der Waals surface area contributed by atoms with E-state index in [1.165, 1.54) is 49.4 Å². The lowest BCUT2D eigenvalue weighted by Gasteiger charge is -2.19. The number of benzene rings is 7. The number of allylic oxidation sites excluding steroid dienone is 5. The van der Waals surface area contributed by atoms with Gasteiger partial charge in [0.25, 0.3) is 0 Å². The van der Waals surface area contributed by atoms with Gasteiger partial charge in [0, 0.05) is 23.5 Å². The lowest BCUT2D eigenvalue weighted by molar-refractivity contribution is 1.37. The first-order chi connectivity index (χ1) is 25.7. The summed E-state index contributed by atoms with van der Waals surface area (Å²) < 4.78 is 0. The van der Waals surface area contributed by atoms with Crippen LogP contribution in [-0.2, 0) is 0 Å². The van der Waals surface area contributed by atoms with E-state index in [9.17, 15) is 0 Å². The molecule has 1 aliphatic heterocycles. The van der Waals surface area contributed by atoms with Crippen molar-refractivity contribution in [2.45, 2.75) is 13.8 Å². The van der Waals surface area contributed by atoms with Crippen LogP contribution < -0.4 is 0 Å². The first-order valence-corrected chi connectivity index (χ1v) is 17.6. The van der Waals surface area contributed by atoms with Crippen molar-refractivity contribution in [3.05, 3.63) is 204 Å². The van der Waals surface area contributed by atoms with Crippen molar-refractivity contribution in [1.82, 2.24) is 0 Å². The number of nitrogens with zero attached hydrogens (tertiary/aromatic N) is 3. The third-order valence-corrected chi connectivity index (χ3v) is 9.65. The number of amidine groups is 2. The zero-order valence-electron chi connectivity index (χ0n) is 29.2. The van der Waals surface area contributed by atoms with Gasteiger partial charge in [0.05, 0.1) is 0 Å². The first-order valence-electron chi connectivity index (χ1n) is 17.6. The minimum atomic E-state index is 0.587. The third-order valence-electron chi connectivity index (χ3n) is 9.65. The molecular weight excluding hydrogens is 631 g/mol. The fraction of sp³-hybridized carbons (Fsp3) is 0.0408. The summed E-state index contributed by atoms with van der Waals surface area (Å²) in [5, 5.41) is 5.01. The van der Waals surface area contributed by atoms with Crippen LogP contribution >= 0.6 is 0 Å². The van der Waals surface area contributed by atoms with Crippen molar-refractivity contribution in [3.8, 4) is 33.4 Å². The third kappa shape index (κ3) is 6.48. The Bertz CT molecular complexity index is 2620. The number of aryl methyl sites for hydroxylation is 1. The number of rotatable bonds is 5. The molecule has 0 aliphatic carbocycles. The molecule has 0 spiro atoms. The Labute approximate surface area is 305 Å². The number of fused-ring (bicyclic) bond motifs is 3. The molecule has 0 saturated heterocycles. The van der Waals surface area contributed by atoms with Gasteiger partial charge in [0.2, 0.25) is 0 Å².